The number of aromatic nitrogens is 1. The van der Waals surface area contributed by atoms with Gasteiger partial charge < -0.3 is 9.42 Å². The number of rotatable bonds is 4. The van der Waals surface area contributed by atoms with E-state index < -0.39 is 104 Å². The van der Waals surface area contributed by atoms with Crippen LogP contribution in [0.1, 0.15) is 0 Å². The second kappa shape index (κ2) is 7.80. The zero-order valence-electron chi connectivity index (χ0n) is 17.8. The maximum absolute atomic E-state index is 15.0. The van der Waals surface area contributed by atoms with Crippen LogP contribution in [0, 0.1) is 29.1 Å². The molecule has 0 unspecified atom stereocenters. The summed E-state index contributed by atoms with van der Waals surface area (Å²) < 4.78 is 131. The third-order valence-corrected chi connectivity index (χ3v) is 6.72. The van der Waals surface area contributed by atoms with Crippen molar-refractivity contribution in [2.75, 3.05) is 24.2 Å². The lowest BCUT2D eigenvalue weighted by atomic mass is 9.98. The molecule has 3 heterocycles. The molecule has 36 heavy (non-hydrogen) atoms. The summed E-state index contributed by atoms with van der Waals surface area (Å²) in [6.45, 7) is -1.53. The van der Waals surface area contributed by atoms with Gasteiger partial charge in [-0.25, -0.2) is 48.7 Å². The number of halogens is 7. The van der Waals surface area contributed by atoms with Crippen LogP contribution in [0.4, 0.5) is 41.3 Å². The van der Waals surface area contributed by atoms with Gasteiger partial charge in [-0.2, -0.15) is 0 Å². The molecule has 2 aliphatic rings. The van der Waals surface area contributed by atoms with Crippen molar-refractivity contribution in [3.63, 3.8) is 0 Å². The van der Waals surface area contributed by atoms with Gasteiger partial charge in [0.15, 0.2) is 23.0 Å². The van der Waals surface area contributed by atoms with E-state index in [1.807, 2.05) is 0 Å². The van der Waals surface area contributed by atoms with Crippen molar-refractivity contribution in [3.05, 3.63) is 47.3 Å². The van der Waals surface area contributed by atoms with Gasteiger partial charge in [0.05, 0.1) is 23.8 Å². The fraction of sp³-hybridized carbons (Fsp3) is 0.300. The highest BCUT2D eigenvalue weighted by Crippen LogP contribution is 2.45. The number of alkyl halides is 2. The van der Waals surface area contributed by atoms with Crippen LogP contribution in [-0.4, -0.2) is 61.9 Å². The molecule has 2 fully saturated rings. The highest BCUT2D eigenvalue weighted by atomic mass is 32.2. The number of amides is 2. The van der Waals surface area contributed by atoms with E-state index in [0.717, 1.165) is 0 Å². The smallest absolute Gasteiger partial charge is 0.326 e. The second-order valence-electron chi connectivity index (χ2n) is 8.35. The van der Waals surface area contributed by atoms with Gasteiger partial charge in [0.25, 0.3) is 5.92 Å². The third kappa shape index (κ3) is 3.57. The Bertz CT molecular complexity index is 1520. The first-order chi connectivity index (χ1) is 16.7. The summed E-state index contributed by atoms with van der Waals surface area (Å²) >= 11 is 0. The van der Waals surface area contributed by atoms with Crippen molar-refractivity contribution < 1.29 is 48.5 Å². The van der Waals surface area contributed by atoms with Gasteiger partial charge in [0.2, 0.25) is 10.0 Å². The highest BCUT2D eigenvalue weighted by Gasteiger charge is 2.63. The molecule has 2 aromatic carbocycles. The molecule has 0 spiro atoms. The first-order valence-corrected chi connectivity index (χ1v) is 12.0. The fourth-order valence-corrected chi connectivity index (χ4v) is 5.26. The summed E-state index contributed by atoms with van der Waals surface area (Å²) in [6, 6.07) is -4.00. The Hall–Kier alpha value is -3.40. The number of carbonyl (C=O) groups excluding carboxylic acids is 1. The number of benzene rings is 2. The van der Waals surface area contributed by atoms with Crippen LogP contribution in [0.5, 0.6) is 0 Å². The molecule has 0 bridgehead atoms. The quantitative estimate of drug-likeness (QED) is 0.514. The lowest BCUT2D eigenvalue weighted by molar-refractivity contribution is -0.0324. The molecule has 0 radical (unpaired) electrons. The molecule has 2 atom stereocenters. The van der Waals surface area contributed by atoms with Crippen molar-refractivity contribution in [1.29, 1.82) is 0 Å². The van der Waals surface area contributed by atoms with Crippen molar-refractivity contribution in [2.45, 2.75) is 18.0 Å². The Kier molecular flexibility index (Phi) is 5.26. The molecule has 5 rings (SSSR count). The molecule has 8 nitrogen and oxygen atoms in total. The van der Waals surface area contributed by atoms with Crippen molar-refractivity contribution >= 4 is 32.8 Å². The van der Waals surface area contributed by atoms with Gasteiger partial charge in [0, 0.05) is 30.3 Å². The number of urea groups is 1. The molecular weight excluding hydrogens is 525 g/mol. The summed E-state index contributed by atoms with van der Waals surface area (Å²) in [6.07, 6.45) is 0.672. The van der Waals surface area contributed by atoms with Gasteiger partial charge >= 0.3 is 6.03 Å². The summed E-state index contributed by atoms with van der Waals surface area (Å²) in [7, 11) is -4.05. The number of nitrogens with zero attached hydrogens (tertiary/aromatic N) is 3. The minimum atomic E-state index is -4.05. The number of carbonyl (C=O) groups is 1. The molecule has 1 N–H and O–H groups in total. The van der Waals surface area contributed by atoms with Crippen LogP contribution in [-0.2, 0) is 10.0 Å². The maximum Gasteiger partial charge on any atom is 0.326 e. The van der Waals surface area contributed by atoms with Gasteiger partial charge in [-0.3, -0.25) is 4.90 Å². The van der Waals surface area contributed by atoms with Crippen molar-refractivity contribution in [2.24, 2.45) is 0 Å². The van der Waals surface area contributed by atoms with E-state index in [0.29, 0.717) is 22.1 Å². The number of sulfonamides is 1. The predicted molar refractivity (Wildman–Crippen MR) is 109 cm³/mol. The fourth-order valence-electron chi connectivity index (χ4n) is 4.51. The van der Waals surface area contributed by atoms with E-state index in [-0.39, 0.29) is 12.1 Å². The molecule has 0 aliphatic carbocycles. The maximum atomic E-state index is 15.0. The van der Waals surface area contributed by atoms with E-state index in [2.05, 4.69) is 5.16 Å². The zero-order chi connectivity index (χ0) is 26.3. The Morgan fingerprint density at radius 1 is 1.03 bits per heavy atom. The van der Waals surface area contributed by atoms with Crippen molar-refractivity contribution in [3.8, 4) is 11.1 Å². The number of fused-ring (bicyclic) bond motifs is 2. The Morgan fingerprint density at radius 3 is 2.25 bits per heavy atom. The van der Waals surface area contributed by atoms with Crippen LogP contribution >= 0.6 is 0 Å². The van der Waals surface area contributed by atoms with Crippen LogP contribution < -0.4 is 9.62 Å². The summed E-state index contributed by atoms with van der Waals surface area (Å²) in [5.74, 6) is -12.4. The molecule has 3 aromatic rings. The lowest BCUT2D eigenvalue weighted by Gasteiger charge is -2.23. The highest BCUT2D eigenvalue weighted by molar-refractivity contribution is 7.88. The third-order valence-electron chi connectivity index (χ3n) is 6.00. The normalized spacial score (nSPS) is 21.6. The van der Waals surface area contributed by atoms with E-state index in [9.17, 15) is 43.9 Å². The van der Waals surface area contributed by atoms with E-state index in [1.54, 1.807) is 4.72 Å². The van der Waals surface area contributed by atoms with Crippen molar-refractivity contribution in [1.82, 2.24) is 14.8 Å². The first-order valence-electron chi connectivity index (χ1n) is 10.1. The van der Waals surface area contributed by atoms with E-state index >= 15 is 0 Å². The molecular formula is C20H13F7N4O4S. The van der Waals surface area contributed by atoms with Crippen LogP contribution in [0.15, 0.2) is 22.7 Å². The van der Waals surface area contributed by atoms with Gasteiger partial charge in [-0.15, -0.1) is 0 Å². The number of nitrogens with one attached hydrogen (secondary N) is 1. The zero-order valence-corrected chi connectivity index (χ0v) is 18.6. The lowest BCUT2D eigenvalue weighted by Crippen LogP contribution is -2.50. The minimum absolute atomic E-state index is 0.217. The monoisotopic (exact) mass is 538 g/mol. The van der Waals surface area contributed by atoms with Gasteiger partial charge in [0.1, 0.15) is 29.5 Å². The molecule has 2 amide bonds. The Labute approximate surface area is 197 Å². The summed E-state index contributed by atoms with van der Waals surface area (Å²) in [4.78, 5) is 14.3. The second-order valence-corrected chi connectivity index (χ2v) is 10.1. The van der Waals surface area contributed by atoms with Crippen LogP contribution in [0.3, 0.4) is 0 Å². The van der Waals surface area contributed by atoms with Gasteiger partial charge in [-0.1, -0.05) is 5.16 Å². The van der Waals surface area contributed by atoms with Crippen LogP contribution in [0.25, 0.3) is 22.1 Å². The predicted octanol–water partition coefficient (Wildman–Crippen LogP) is 3.37. The minimum Gasteiger partial charge on any atom is -0.354 e. The number of anilines is 1. The van der Waals surface area contributed by atoms with E-state index in [4.69, 9.17) is 4.52 Å². The first kappa shape index (κ1) is 24.3. The average molecular weight is 538 g/mol. The SMILES string of the molecule is CS(=O)(=O)N[C@@H]1CN2C(=O)N(c3noc4cc(F)c(F)c(-c5c(F)cc(F)cc5F)c34)C[C@@H]2C1(F)F. The molecule has 1 aromatic heterocycles. The number of hydrogen-bond donors (Lipinski definition) is 1. The van der Waals surface area contributed by atoms with E-state index in [1.165, 1.54) is 0 Å². The topological polar surface area (TPSA) is 95.8 Å². The van der Waals surface area contributed by atoms with Crippen LogP contribution in [0.2, 0.25) is 0 Å². The molecule has 192 valence electrons. The summed E-state index contributed by atoms with van der Waals surface area (Å²) in [5.41, 5.74) is -2.87. The number of hydrogen-bond acceptors (Lipinski definition) is 5. The Balaban J connectivity index is 1.64. The molecule has 2 saturated heterocycles. The van der Waals surface area contributed by atoms with Gasteiger partial charge in [-0.05, 0) is 0 Å². The molecule has 0 saturated carbocycles. The summed E-state index contributed by atoms with van der Waals surface area (Å²) in [5, 5.41) is 2.90. The average Bonchev–Trinajstić information content (AvgIpc) is 3.36. The largest absolute Gasteiger partial charge is 0.354 e. The molecule has 16 heteroatoms. The Morgan fingerprint density at radius 2 is 1.67 bits per heavy atom. The standard InChI is InChI=1S/C20H13F7N4O4S/c1-36(33,34)29-12-5-30-13(20(12,26)27)6-31(19(30)32)18-15-11(35-28-18)4-10(24)17(25)16(15)14-8(22)2-7(21)3-9(14)23/h2-4,12-13,29H,5-6H2,1H3/t12-,13-/m1/s1. The molecule has 2 aliphatic heterocycles.